The van der Waals surface area contributed by atoms with E-state index in [0.717, 1.165) is 0 Å². The largest absolute Gasteiger partial charge is 0.488 e. The molecule has 0 bridgehead atoms. The average Bonchev–Trinajstić information content (AvgIpc) is 2.23. The summed E-state index contributed by atoms with van der Waals surface area (Å²) in [6, 6.07) is 4.92. The molecule has 0 spiro atoms. The Morgan fingerprint density at radius 1 is 1.44 bits per heavy atom. The van der Waals surface area contributed by atoms with E-state index in [1.807, 2.05) is 0 Å². The first-order chi connectivity index (χ1) is 7.52. The number of hydrogen-bond acceptors (Lipinski definition) is 3. The fraction of sp³-hybridized carbons (Fsp3) is 0.364. The van der Waals surface area contributed by atoms with Crippen LogP contribution in [0.15, 0.2) is 18.2 Å². The van der Waals surface area contributed by atoms with Gasteiger partial charge in [0.25, 0.3) is 0 Å². The molecule has 0 fully saturated rings. The van der Waals surface area contributed by atoms with E-state index in [1.54, 1.807) is 25.1 Å². The van der Waals surface area contributed by atoms with Crippen LogP contribution in [0.25, 0.3) is 0 Å². The first kappa shape index (κ1) is 13.1. The molecule has 3 nitrogen and oxygen atoms in total. The summed E-state index contributed by atoms with van der Waals surface area (Å²) in [5, 5.41) is 0.991. The molecule has 0 aliphatic rings. The quantitative estimate of drug-likeness (QED) is 0.781. The van der Waals surface area contributed by atoms with Gasteiger partial charge >= 0.3 is 5.97 Å². The Morgan fingerprint density at radius 3 is 2.75 bits per heavy atom. The summed E-state index contributed by atoms with van der Waals surface area (Å²) < 4.78 is 10.0. The molecule has 0 amide bonds. The van der Waals surface area contributed by atoms with E-state index < -0.39 is 0 Å². The van der Waals surface area contributed by atoms with Gasteiger partial charge in [-0.3, -0.25) is 4.79 Å². The van der Waals surface area contributed by atoms with Crippen LogP contribution in [0.4, 0.5) is 0 Å². The minimum absolute atomic E-state index is 0.166. The monoisotopic (exact) mass is 262 g/mol. The summed E-state index contributed by atoms with van der Waals surface area (Å²) in [4.78, 5) is 11.0. The van der Waals surface area contributed by atoms with Crippen LogP contribution >= 0.6 is 23.2 Å². The lowest BCUT2D eigenvalue weighted by Gasteiger charge is -2.14. The molecule has 1 aromatic rings. The Bertz CT molecular complexity index is 379. The third-order valence-corrected chi connectivity index (χ3v) is 2.45. The maximum atomic E-state index is 11.0. The van der Waals surface area contributed by atoms with Gasteiger partial charge in [-0.05, 0) is 19.1 Å². The van der Waals surface area contributed by atoms with E-state index in [1.165, 1.54) is 7.11 Å². The second kappa shape index (κ2) is 5.97. The second-order valence-corrected chi connectivity index (χ2v) is 4.13. The van der Waals surface area contributed by atoms with Gasteiger partial charge in [-0.25, -0.2) is 0 Å². The van der Waals surface area contributed by atoms with Gasteiger partial charge in [-0.1, -0.05) is 23.2 Å². The lowest BCUT2D eigenvalue weighted by Crippen LogP contribution is -2.18. The summed E-state index contributed by atoms with van der Waals surface area (Å²) in [7, 11) is 1.33. The number of esters is 1. The molecule has 16 heavy (non-hydrogen) atoms. The van der Waals surface area contributed by atoms with Crippen LogP contribution in [0.2, 0.25) is 10.0 Å². The number of halogens is 2. The van der Waals surface area contributed by atoms with Gasteiger partial charge < -0.3 is 9.47 Å². The number of carbonyl (C=O) groups is 1. The molecule has 1 unspecified atom stereocenters. The van der Waals surface area contributed by atoms with Crippen LogP contribution < -0.4 is 4.74 Å². The number of ether oxygens (including phenoxy) is 2. The van der Waals surface area contributed by atoms with E-state index in [4.69, 9.17) is 27.9 Å². The molecule has 1 rings (SSSR count). The molecule has 0 saturated heterocycles. The Kier molecular flexibility index (Phi) is 4.90. The number of rotatable bonds is 4. The van der Waals surface area contributed by atoms with E-state index in [9.17, 15) is 4.79 Å². The third kappa shape index (κ3) is 3.91. The van der Waals surface area contributed by atoms with Crippen molar-refractivity contribution in [3.05, 3.63) is 28.2 Å². The minimum atomic E-state index is -0.328. The van der Waals surface area contributed by atoms with Gasteiger partial charge in [0.05, 0.1) is 18.6 Å². The normalized spacial score (nSPS) is 12.0. The summed E-state index contributed by atoms with van der Waals surface area (Å²) >= 11 is 11.7. The zero-order valence-corrected chi connectivity index (χ0v) is 10.5. The van der Waals surface area contributed by atoms with E-state index in [0.29, 0.717) is 15.8 Å². The van der Waals surface area contributed by atoms with Gasteiger partial charge in [0.1, 0.15) is 11.9 Å². The Hall–Kier alpha value is -0.930. The van der Waals surface area contributed by atoms with E-state index in [-0.39, 0.29) is 18.5 Å². The molecule has 0 aliphatic carbocycles. The van der Waals surface area contributed by atoms with Crippen molar-refractivity contribution in [1.82, 2.24) is 0 Å². The van der Waals surface area contributed by atoms with Gasteiger partial charge in [-0.2, -0.15) is 0 Å². The predicted octanol–water partition coefficient (Wildman–Crippen LogP) is 3.32. The van der Waals surface area contributed by atoms with Crippen molar-refractivity contribution in [2.75, 3.05) is 7.11 Å². The highest BCUT2D eigenvalue weighted by atomic mass is 35.5. The fourth-order valence-electron chi connectivity index (χ4n) is 1.14. The van der Waals surface area contributed by atoms with Crippen LogP contribution in [-0.2, 0) is 9.53 Å². The first-order valence-electron chi connectivity index (χ1n) is 4.71. The Morgan fingerprint density at radius 2 is 2.12 bits per heavy atom. The third-order valence-electron chi connectivity index (χ3n) is 1.90. The number of carbonyl (C=O) groups excluding carboxylic acids is 1. The molecular weight excluding hydrogens is 251 g/mol. The van der Waals surface area contributed by atoms with Crippen LogP contribution in [0, 0.1) is 0 Å². The standard InChI is InChI=1S/C11H12Cl2O3/c1-7(5-11(14)15-2)16-10-6-8(12)3-4-9(10)13/h3-4,6-7H,5H2,1-2H3. The molecule has 5 heteroatoms. The maximum absolute atomic E-state index is 11.0. The number of hydrogen-bond donors (Lipinski definition) is 0. The fourth-order valence-corrected chi connectivity index (χ4v) is 1.47. The van der Waals surface area contributed by atoms with Crippen molar-refractivity contribution in [3.63, 3.8) is 0 Å². The van der Waals surface area contributed by atoms with Crippen molar-refractivity contribution < 1.29 is 14.3 Å². The average molecular weight is 263 g/mol. The van der Waals surface area contributed by atoms with Crippen molar-refractivity contribution in [1.29, 1.82) is 0 Å². The molecule has 0 radical (unpaired) electrons. The minimum Gasteiger partial charge on any atom is -0.488 e. The van der Waals surface area contributed by atoms with E-state index >= 15 is 0 Å². The molecule has 0 aliphatic heterocycles. The van der Waals surface area contributed by atoms with Crippen LogP contribution in [0.1, 0.15) is 13.3 Å². The summed E-state index contributed by atoms with van der Waals surface area (Å²) in [5.41, 5.74) is 0. The maximum Gasteiger partial charge on any atom is 0.309 e. The van der Waals surface area contributed by atoms with Crippen molar-refractivity contribution >= 4 is 29.2 Å². The smallest absolute Gasteiger partial charge is 0.309 e. The molecule has 0 saturated carbocycles. The molecule has 0 aromatic heterocycles. The molecular formula is C11H12Cl2O3. The highest BCUT2D eigenvalue weighted by molar-refractivity contribution is 6.34. The first-order valence-corrected chi connectivity index (χ1v) is 5.47. The summed E-state index contributed by atoms with van der Waals surface area (Å²) in [6.07, 6.45) is -0.150. The topological polar surface area (TPSA) is 35.5 Å². The Balaban J connectivity index is 2.65. The van der Waals surface area contributed by atoms with Crippen molar-refractivity contribution in [3.8, 4) is 5.75 Å². The molecule has 1 aromatic carbocycles. The van der Waals surface area contributed by atoms with Crippen LogP contribution in [-0.4, -0.2) is 19.2 Å². The molecule has 0 N–H and O–H groups in total. The van der Waals surface area contributed by atoms with Gasteiger partial charge in [-0.15, -0.1) is 0 Å². The van der Waals surface area contributed by atoms with Gasteiger partial charge in [0.2, 0.25) is 0 Å². The lowest BCUT2D eigenvalue weighted by molar-refractivity contribution is -0.142. The van der Waals surface area contributed by atoms with Crippen LogP contribution in [0.5, 0.6) is 5.75 Å². The summed E-state index contributed by atoms with van der Waals surface area (Å²) in [5.74, 6) is 0.135. The molecule has 0 heterocycles. The molecule has 1 atom stereocenters. The summed E-state index contributed by atoms with van der Waals surface area (Å²) in [6.45, 7) is 1.76. The van der Waals surface area contributed by atoms with Gasteiger partial charge in [0, 0.05) is 11.1 Å². The van der Waals surface area contributed by atoms with Gasteiger partial charge in [0.15, 0.2) is 0 Å². The van der Waals surface area contributed by atoms with Crippen molar-refractivity contribution in [2.45, 2.75) is 19.4 Å². The number of methoxy groups -OCH3 is 1. The zero-order valence-electron chi connectivity index (χ0n) is 9.00. The Labute approximate surface area is 104 Å². The van der Waals surface area contributed by atoms with Crippen molar-refractivity contribution in [2.24, 2.45) is 0 Å². The highest BCUT2D eigenvalue weighted by Gasteiger charge is 2.12. The number of benzene rings is 1. The van der Waals surface area contributed by atoms with E-state index in [2.05, 4.69) is 4.74 Å². The molecule has 88 valence electrons. The second-order valence-electron chi connectivity index (χ2n) is 3.28. The zero-order chi connectivity index (χ0) is 12.1. The lowest BCUT2D eigenvalue weighted by atomic mass is 10.3. The predicted molar refractivity (Wildman–Crippen MR) is 63.2 cm³/mol. The highest BCUT2D eigenvalue weighted by Crippen LogP contribution is 2.28. The SMILES string of the molecule is COC(=O)CC(C)Oc1cc(Cl)ccc1Cl. The van der Waals surface area contributed by atoms with Crippen LogP contribution in [0.3, 0.4) is 0 Å².